The number of aromatic nitrogens is 4. The van der Waals surface area contributed by atoms with Crippen LogP contribution in [-0.4, -0.2) is 26.4 Å². The van der Waals surface area contributed by atoms with Crippen LogP contribution in [0.5, 0.6) is 0 Å². The van der Waals surface area contributed by atoms with Crippen LogP contribution in [0.3, 0.4) is 0 Å². The second-order valence-corrected chi connectivity index (χ2v) is 5.60. The van der Waals surface area contributed by atoms with E-state index in [9.17, 15) is 0 Å². The van der Waals surface area contributed by atoms with Crippen molar-refractivity contribution in [2.75, 3.05) is 5.43 Å². The minimum absolute atomic E-state index is 0.517. The number of tetrazole rings is 1. The highest BCUT2D eigenvalue weighted by atomic mass is 35.5. The van der Waals surface area contributed by atoms with Gasteiger partial charge in [-0.15, -0.1) is 5.10 Å². The van der Waals surface area contributed by atoms with Crippen molar-refractivity contribution in [3.05, 3.63) is 64.9 Å². The molecule has 24 heavy (non-hydrogen) atoms. The van der Waals surface area contributed by atoms with Crippen LogP contribution in [-0.2, 0) is 12.8 Å². The largest absolute Gasteiger partial charge is 0.279 e. The molecule has 1 N–H and O–H groups in total. The van der Waals surface area contributed by atoms with Gasteiger partial charge in [0.1, 0.15) is 0 Å². The van der Waals surface area contributed by atoms with Gasteiger partial charge in [0.25, 0.3) is 0 Å². The van der Waals surface area contributed by atoms with Crippen LogP contribution in [0.25, 0.3) is 5.69 Å². The Morgan fingerprint density at radius 2 is 1.88 bits per heavy atom. The minimum atomic E-state index is 0.517. The molecule has 1 aromatic heterocycles. The van der Waals surface area contributed by atoms with Crippen LogP contribution < -0.4 is 5.43 Å². The minimum Gasteiger partial charge on any atom is -0.279 e. The van der Waals surface area contributed by atoms with Gasteiger partial charge in [0.05, 0.1) is 11.4 Å². The first-order valence-electron chi connectivity index (χ1n) is 7.66. The highest BCUT2D eigenvalue weighted by Crippen LogP contribution is 2.13. The van der Waals surface area contributed by atoms with Gasteiger partial charge in [0.2, 0.25) is 0 Å². The van der Waals surface area contributed by atoms with Gasteiger partial charge in [0.15, 0.2) is 5.82 Å². The molecule has 7 heteroatoms. The van der Waals surface area contributed by atoms with Gasteiger partial charge < -0.3 is 0 Å². The number of rotatable bonds is 6. The maximum atomic E-state index is 5.84. The maximum Gasteiger partial charge on any atom is 0.162 e. The normalized spacial score (nSPS) is 11.1. The van der Waals surface area contributed by atoms with Crippen LogP contribution in [0.4, 0.5) is 5.69 Å². The number of benzene rings is 2. The average molecular weight is 341 g/mol. The first-order chi connectivity index (χ1) is 11.8. The average Bonchev–Trinajstić information content (AvgIpc) is 3.09. The fourth-order valence-corrected chi connectivity index (χ4v) is 2.30. The van der Waals surface area contributed by atoms with E-state index in [0.717, 1.165) is 23.6 Å². The van der Waals surface area contributed by atoms with E-state index in [-0.39, 0.29) is 0 Å². The van der Waals surface area contributed by atoms with Crippen molar-refractivity contribution in [2.45, 2.75) is 19.8 Å². The molecular formula is C17H17ClN6. The molecule has 0 bridgehead atoms. The Labute approximate surface area is 145 Å². The molecule has 0 fully saturated rings. The summed E-state index contributed by atoms with van der Waals surface area (Å²) in [6, 6.07) is 15.5. The molecule has 3 aromatic rings. The summed E-state index contributed by atoms with van der Waals surface area (Å²) in [6.45, 7) is 2.13. The van der Waals surface area contributed by atoms with Gasteiger partial charge in [-0.05, 0) is 58.8 Å². The van der Waals surface area contributed by atoms with E-state index in [1.807, 2.05) is 24.3 Å². The van der Waals surface area contributed by atoms with Gasteiger partial charge >= 0.3 is 0 Å². The summed E-state index contributed by atoms with van der Waals surface area (Å²) < 4.78 is 1.72. The number of hydrogen-bond donors (Lipinski definition) is 1. The van der Waals surface area contributed by atoms with Crippen LogP contribution in [0.2, 0.25) is 5.02 Å². The predicted molar refractivity (Wildman–Crippen MR) is 95.8 cm³/mol. The van der Waals surface area contributed by atoms with Gasteiger partial charge in [0, 0.05) is 17.7 Å². The van der Waals surface area contributed by atoms with Crippen molar-refractivity contribution >= 4 is 23.5 Å². The number of nitrogens with one attached hydrogen (secondary N) is 1. The first-order valence-corrected chi connectivity index (χ1v) is 8.03. The van der Waals surface area contributed by atoms with E-state index < -0.39 is 0 Å². The molecule has 0 unspecified atom stereocenters. The standard InChI is InChI=1S/C17H17ClN6/c1-2-13-3-9-16(10-4-13)24-17(21-22-23-24)11-12-19-20-15-7-5-14(18)6-8-15/h3-10,12,20H,2,11H2,1H3/b19-12-. The molecule has 3 rings (SSSR count). The van der Waals surface area contributed by atoms with Crippen molar-refractivity contribution in [3.8, 4) is 5.69 Å². The molecule has 0 radical (unpaired) electrons. The van der Waals surface area contributed by atoms with Gasteiger partial charge in [-0.3, -0.25) is 5.43 Å². The van der Waals surface area contributed by atoms with Crippen molar-refractivity contribution in [2.24, 2.45) is 5.10 Å². The molecule has 0 spiro atoms. The lowest BCUT2D eigenvalue weighted by atomic mass is 10.1. The molecular weight excluding hydrogens is 324 g/mol. The fourth-order valence-electron chi connectivity index (χ4n) is 2.18. The van der Waals surface area contributed by atoms with E-state index in [4.69, 9.17) is 11.6 Å². The Kier molecular flexibility index (Phi) is 5.18. The fraction of sp³-hybridized carbons (Fsp3) is 0.176. The lowest BCUT2D eigenvalue weighted by molar-refractivity contribution is 0.775. The molecule has 6 nitrogen and oxygen atoms in total. The van der Waals surface area contributed by atoms with Gasteiger partial charge in [-0.25, -0.2) is 0 Å². The van der Waals surface area contributed by atoms with E-state index in [2.05, 4.69) is 45.1 Å². The maximum absolute atomic E-state index is 5.84. The monoisotopic (exact) mass is 340 g/mol. The van der Waals surface area contributed by atoms with E-state index in [0.29, 0.717) is 11.4 Å². The van der Waals surface area contributed by atoms with Crippen molar-refractivity contribution < 1.29 is 0 Å². The van der Waals surface area contributed by atoms with Crippen molar-refractivity contribution in [1.29, 1.82) is 0 Å². The van der Waals surface area contributed by atoms with Crippen LogP contribution >= 0.6 is 11.6 Å². The van der Waals surface area contributed by atoms with Crippen LogP contribution in [0, 0.1) is 0 Å². The molecule has 0 aliphatic carbocycles. The SMILES string of the molecule is CCc1ccc(-n2nnnc2C/C=N\Nc2ccc(Cl)cc2)cc1. The molecule has 1 heterocycles. The second kappa shape index (κ2) is 7.70. The third-order valence-corrected chi connectivity index (χ3v) is 3.78. The Morgan fingerprint density at radius 1 is 1.12 bits per heavy atom. The summed E-state index contributed by atoms with van der Waals surface area (Å²) in [6.07, 6.45) is 3.26. The quantitative estimate of drug-likeness (QED) is 0.550. The molecule has 0 aliphatic heterocycles. The first kappa shape index (κ1) is 16.1. The van der Waals surface area contributed by atoms with E-state index in [1.54, 1.807) is 23.0 Å². The summed E-state index contributed by atoms with van der Waals surface area (Å²) >= 11 is 5.84. The Morgan fingerprint density at radius 3 is 2.58 bits per heavy atom. The van der Waals surface area contributed by atoms with Gasteiger partial charge in [-0.1, -0.05) is 30.7 Å². The second-order valence-electron chi connectivity index (χ2n) is 5.16. The number of anilines is 1. The predicted octanol–water partition coefficient (Wildman–Crippen LogP) is 3.52. The molecule has 0 saturated heterocycles. The Bertz CT molecular complexity index is 808. The van der Waals surface area contributed by atoms with Crippen LogP contribution in [0.15, 0.2) is 53.6 Å². The summed E-state index contributed by atoms with van der Waals surface area (Å²) in [5.41, 5.74) is 6.02. The lowest BCUT2D eigenvalue weighted by Crippen LogP contribution is -2.04. The molecule has 0 atom stereocenters. The smallest absolute Gasteiger partial charge is 0.162 e. The molecule has 0 amide bonds. The summed E-state index contributed by atoms with van der Waals surface area (Å²) in [5, 5.41) is 16.7. The number of aryl methyl sites for hydroxylation is 1. The lowest BCUT2D eigenvalue weighted by Gasteiger charge is -2.04. The van der Waals surface area contributed by atoms with Crippen molar-refractivity contribution in [1.82, 2.24) is 20.2 Å². The van der Waals surface area contributed by atoms with Crippen molar-refractivity contribution in [3.63, 3.8) is 0 Å². The highest BCUT2D eigenvalue weighted by Gasteiger charge is 2.06. The van der Waals surface area contributed by atoms with Gasteiger partial charge in [-0.2, -0.15) is 9.78 Å². The van der Waals surface area contributed by atoms with E-state index in [1.165, 1.54) is 5.56 Å². The number of hydrogen-bond acceptors (Lipinski definition) is 5. The molecule has 122 valence electrons. The molecule has 0 aliphatic rings. The Balaban J connectivity index is 1.64. The summed E-state index contributed by atoms with van der Waals surface area (Å²) in [5.74, 6) is 0.723. The number of nitrogens with zero attached hydrogens (tertiary/aromatic N) is 5. The number of hydrazone groups is 1. The topological polar surface area (TPSA) is 68.0 Å². The third-order valence-electron chi connectivity index (χ3n) is 3.53. The zero-order chi connectivity index (χ0) is 16.8. The zero-order valence-electron chi connectivity index (χ0n) is 13.2. The molecule has 0 saturated carbocycles. The zero-order valence-corrected chi connectivity index (χ0v) is 14.0. The Hall–Kier alpha value is -2.73. The molecule has 2 aromatic carbocycles. The number of halogens is 1. The summed E-state index contributed by atoms with van der Waals surface area (Å²) in [7, 11) is 0. The van der Waals surface area contributed by atoms with E-state index >= 15 is 0 Å². The summed E-state index contributed by atoms with van der Waals surface area (Å²) in [4.78, 5) is 0. The van der Waals surface area contributed by atoms with Crippen LogP contribution in [0.1, 0.15) is 18.3 Å². The third kappa shape index (κ3) is 3.97. The highest BCUT2D eigenvalue weighted by molar-refractivity contribution is 6.30.